The van der Waals surface area contributed by atoms with Crippen molar-refractivity contribution in [1.29, 1.82) is 0 Å². The van der Waals surface area contributed by atoms with E-state index in [2.05, 4.69) is 218 Å². The van der Waals surface area contributed by atoms with Gasteiger partial charge in [-0.15, -0.1) is 0 Å². The smallest absolute Gasteiger partial charge is 0.0547 e. The fourth-order valence-corrected chi connectivity index (χ4v) is 8.95. The van der Waals surface area contributed by atoms with Gasteiger partial charge in [-0.25, -0.2) is 0 Å². The summed E-state index contributed by atoms with van der Waals surface area (Å²) in [6, 6.07) is 68.7. The van der Waals surface area contributed by atoms with E-state index in [1.165, 1.54) is 88.9 Å². The molecule has 0 aliphatic heterocycles. The van der Waals surface area contributed by atoms with E-state index in [9.17, 15) is 0 Å². The fraction of sp³-hybridized carbons (Fsp3) is 0.0769. The molecule has 0 saturated carbocycles. The van der Waals surface area contributed by atoms with Crippen molar-refractivity contribution in [3.63, 3.8) is 0 Å². The first kappa shape index (κ1) is 32.0. The Kier molecular flexibility index (Phi) is 7.42. The first-order chi connectivity index (χ1) is 26.5. The molecule has 258 valence electrons. The van der Waals surface area contributed by atoms with Crippen LogP contribution in [0.5, 0.6) is 0 Å². The number of hydrogen-bond acceptors (Lipinski definition) is 1. The predicted molar refractivity (Wildman–Crippen MR) is 229 cm³/mol. The van der Waals surface area contributed by atoms with Crippen LogP contribution in [0.1, 0.15) is 30.5 Å². The Morgan fingerprint density at radius 3 is 1.87 bits per heavy atom. The van der Waals surface area contributed by atoms with Crippen molar-refractivity contribution < 1.29 is 0 Å². The van der Waals surface area contributed by atoms with Crippen LogP contribution in [0.2, 0.25) is 0 Å². The summed E-state index contributed by atoms with van der Waals surface area (Å²) in [5.74, 6) is 0. The molecule has 54 heavy (non-hydrogen) atoms. The van der Waals surface area contributed by atoms with E-state index in [1.807, 2.05) is 0 Å². The minimum atomic E-state index is -0.0959. The molecule has 0 spiro atoms. The molecule has 0 amide bonds. The minimum Gasteiger partial charge on any atom is -0.310 e. The van der Waals surface area contributed by atoms with Crippen LogP contribution in [0.4, 0.5) is 17.1 Å². The molecule has 0 saturated heterocycles. The highest BCUT2D eigenvalue weighted by Gasteiger charge is 2.37. The second kappa shape index (κ2) is 12.5. The highest BCUT2D eigenvalue weighted by atomic mass is 15.1. The third-order valence-corrected chi connectivity index (χ3v) is 11.5. The van der Waals surface area contributed by atoms with Crippen molar-refractivity contribution in [3.05, 3.63) is 205 Å². The summed E-state index contributed by atoms with van der Waals surface area (Å²) >= 11 is 0. The van der Waals surface area contributed by atoms with Crippen LogP contribution in [-0.2, 0) is 5.41 Å². The summed E-state index contributed by atoms with van der Waals surface area (Å²) in [6.07, 6.45) is 0. The number of hydrogen-bond donors (Lipinski definition) is 0. The van der Waals surface area contributed by atoms with Gasteiger partial charge in [0.2, 0.25) is 0 Å². The number of nitrogens with zero attached hydrogens (tertiary/aromatic N) is 2. The summed E-state index contributed by atoms with van der Waals surface area (Å²) in [6.45, 7) is 6.98. The lowest BCUT2D eigenvalue weighted by atomic mass is 9.82. The van der Waals surface area contributed by atoms with Crippen LogP contribution in [0.15, 0.2) is 188 Å². The molecule has 9 aromatic rings. The number of aromatic nitrogens is 1. The normalized spacial score (nSPS) is 12.9. The van der Waals surface area contributed by atoms with Crippen LogP contribution in [-0.4, -0.2) is 4.57 Å². The number of fused-ring (bicyclic) bond motifs is 6. The van der Waals surface area contributed by atoms with Crippen LogP contribution in [0, 0.1) is 6.92 Å². The van der Waals surface area contributed by atoms with E-state index in [-0.39, 0.29) is 5.41 Å². The third-order valence-electron chi connectivity index (χ3n) is 11.5. The second-order valence-corrected chi connectivity index (χ2v) is 15.0. The SMILES string of the molecule is Cc1cc(-c2cccc3c2c2ccccc2n3-c2ccccc2)ccc1N(c1ccc(-c2ccccc2)cc1)c1cccc2c1-c1ccccc1C2(C)C. The summed E-state index contributed by atoms with van der Waals surface area (Å²) in [5, 5.41) is 2.53. The molecule has 0 atom stereocenters. The number of para-hydroxylation sites is 2. The Morgan fingerprint density at radius 2 is 1.07 bits per heavy atom. The molecule has 2 heteroatoms. The van der Waals surface area contributed by atoms with Gasteiger partial charge in [-0.05, 0) is 106 Å². The standard InChI is InChI=1S/C52H40N2/c1-35-34-38(41-22-14-26-48-50(41)43-21-11-13-25-47(43)54(48)39-18-8-5-9-19-39)30-33-46(35)53(40-31-28-37(29-32-40)36-16-6-4-7-17-36)49-27-15-24-45-51(49)42-20-10-12-23-44(42)52(45,2)3/h4-34H,1-3H3. The van der Waals surface area contributed by atoms with Gasteiger partial charge < -0.3 is 9.47 Å². The summed E-state index contributed by atoms with van der Waals surface area (Å²) in [5.41, 5.74) is 18.4. The summed E-state index contributed by atoms with van der Waals surface area (Å²) in [7, 11) is 0. The molecule has 0 fully saturated rings. The zero-order valence-electron chi connectivity index (χ0n) is 30.8. The Hall–Kier alpha value is -6.64. The maximum absolute atomic E-state index is 2.48. The lowest BCUT2D eigenvalue weighted by Gasteiger charge is -2.30. The zero-order chi connectivity index (χ0) is 36.4. The number of aryl methyl sites for hydroxylation is 1. The van der Waals surface area contributed by atoms with Gasteiger partial charge in [0.05, 0.1) is 16.7 Å². The van der Waals surface area contributed by atoms with E-state index >= 15 is 0 Å². The van der Waals surface area contributed by atoms with Crippen molar-refractivity contribution in [2.45, 2.75) is 26.2 Å². The topological polar surface area (TPSA) is 8.17 Å². The molecular weight excluding hydrogens is 653 g/mol. The van der Waals surface area contributed by atoms with Gasteiger partial charge in [0, 0.05) is 38.8 Å². The highest BCUT2D eigenvalue weighted by Crippen LogP contribution is 2.54. The Labute approximate surface area is 317 Å². The number of anilines is 3. The molecule has 10 rings (SSSR count). The maximum Gasteiger partial charge on any atom is 0.0547 e. The van der Waals surface area contributed by atoms with E-state index in [0.717, 1.165) is 5.69 Å². The van der Waals surface area contributed by atoms with Crippen molar-refractivity contribution >= 4 is 38.9 Å². The monoisotopic (exact) mass is 692 g/mol. The van der Waals surface area contributed by atoms with Crippen molar-refractivity contribution in [2.24, 2.45) is 0 Å². The van der Waals surface area contributed by atoms with E-state index in [4.69, 9.17) is 0 Å². The van der Waals surface area contributed by atoms with Crippen LogP contribution < -0.4 is 4.90 Å². The van der Waals surface area contributed by atoms with E-state index in [1.54, 1.807) is 0 Å². The maximum atomic E-state index is 2.48. The summed E-state index contributed by atoms with van der Waals surface area (Å²) < 4.78 is 2.39. The first-order valence-electron chi connectivity index (χ1n) is 18.9. The zero-order valence-corrected chi connectivity index (χ0v) is 30.8. The molecule has 1 aliphatic rings. The van der Waals surface area contributed by atoms with Gasteiger partial charge in [0.15, 0.2) is 0 Å². The van der Waals surface area contributed by atoms with Crippen LogP contribution in [0.25, 0.3) is 60.9 Å². The highest BCUT2D eigenvalue weighted by molar-refractivity contribution is 6.16. The van der Waals surface area contributed by atoms with Gasteiger partial charge in [0.25, 0.3) is 0 Å². The molecule has 2 nitrogen and oxygen atoms in total. The van der Waals surface area contributed by atoms with Crippen molar-refractivity contribution in [3.8, 4) is 39.1 Å². The number of benzene rings is 8. The molecule has 0 bridgehead atoms. The number of rotatable bonds is 6. The van der Waals surface area contributed by atoms with Crippen LogP contribution in [0.3, 0.4) is 0 Å². The Bertz CT molecular complexity index is 2840. The van der Waals surface area contributed by atoms with Gasteiger partial charge in [0.1, 0.15) is 0 Å². The second-order valence-electron chi connectivity index (χ2n) is 15.0. The van der Waals surface area contributed by atoms with Gasteiger partial charge >= 0.3 is 0 Å². The van der Waals surface area contributed by atoms with Crippen molar-refractivity contribution in [2.75, 3.05) is 4.90 Å². The van der Waals surface area contributed by atoms with Gasteiger partial charge in [-0.2, -0.15) is 0 Å². The largest absolute Gasteiger partial charge is 0.310 e. The Balaban J connectivity index is 1.16. The molecular formula is C52H40N2. The lowest BCUT2D eigenvalue weighted by molar-refractivity contribution is 0.660. The van der Waals surface area contributed by atoms with Gasteiger partial charge in [-0.1, -0.05) is 147 Å². The first-order valence-corrected chi connectivity index (χ1v) is 18.9. The molecule has 0 radical (unpaired) electrons. The van der Waals surface area contributed by atoms with E-state index in [0.29, 0.717) is 0 Å². The predicted octanol–water partition coefficient (Wildman–Crippen LogP) is 14.2. The average molecular weight is 693 g/mol. The molecule has 1 aliphatic carbocycles. The minimum absolute atomic E-state index is 0.0959. The lowest BCUT2D eigenvalue weighted by Crippen LogP contribution is -2.16. The molecule has 0 N–H and O–H groups in total. The fourth-order valence-electron chi connectivity index (χ4n) is 8.95. The van der Waals surface area contributed by atoms with Crippen LogP contribution >= 0.6 is 0 Å². The molecule has 1 aromatic heterocycles. The molecule has 1 heterocycles. The average Bonchev–Trinajstić information content (AvgIpc) is 3.68. The summed E-state index contributed by atoms with van der Waals surface area (Å²) in [4.78, 5) is 2.48. The van der Waals surface area contributed by atoms with Gasteiger partial charge in [-0.3, -0.25) is 0 Å². The third kappa shape index (κ3) is 4.94. The van der Waals surface area contributed by atoms with E-state index < -0.39 is 0 Å². The molecule has 8 aromatic carbocycles. The van der Waals surface area contributed by atoms with Crippen molar-refractivity contribution in [1.82, 2.24) is 4.57 Å². The quantitative estimate of drug-likeness (QED) is 0.168. The molecule has 0 unspecified atom stereocenters. The Morgan fingerprint density at radius 1 is 0.463 bits per heavy atom.